The van der Waals surface area contributed by atoms with Crippen LogP contribution in [0.4, 0.5) is 5.13 Å². The lowest BCUT2D eigenvalue weighted by molar-refractivity contribution is 0.204. The monoisotopic (exact) mass is 271 g/mol. The highest BCUT2D eigenvalue weighted by molar-refractivity contribution is 7.15. The van der Waals surface area contributed by atoms with Crippen molar-refractivity contribution in [3.63, 3.8) is 0 Å². The van der Waals surface area contributed by atoms with Gasteiger partial charge in [-0.3, -0.25) is 0 Å². The van der Waals surface area contributed by atoms with Gasteiger partial charge in [-0.1, -0.05) is 6.92 Å². The number of nitrogens with zero attached hydrogens (tertiary/aromatic N) is 2. The van der Waals surface area contributed by atoms with Crippen LogP contribution in [0.5, 0.6) is 0 Å². The summed E-state index contributed by atoms with van der Waals surface area (Å²) in [6, 6.07) is 0.442. The van der Waals surface area contributed by atoms with Crippen LogP contribution in [0.3, 0.4) is 0 Å². The van der Waals surface area contributed by atoms with Gasteiger partial charge in [0.25, 0.3) is 0 Å². The van der Waals surface area contributed by atoms with E-state index in [1.54, 1.807) is 18.4 Å². The van der Waals surface area contributed by atoms with Crippen molar-refractivity contribution in [3.8, 4) is 0 Å². The number of thiazole rings is 1. The van der Waals surface area contributed by atoms with E-state index >= 15 is 0 Å². The molecular weight excluding hydrogens is 246 g/mol. The summed E-state index contributed by atoms with van der Waals surface area (Å²) >= 11 is 1.78. The maximum absolute atomic E-state index is 5.17. The van der Waals surface area contributed by atoms with E-state index in [1.165, 1.54) is 4.88 Å². The molecule has 0 saturated carbocycles. The Kier molecular flexibility index (Phi) is 6.60. The molecule has 0 unspecified atom stereocenters. The van der Waals surface area contributed by atoms with Gasteiger partial charge < -0.3 is 15.0 Å². The van der Waals surface area contributed by atoms with Crippen molar-refractivity contribution < 1.29 is 4.74 Å². The maximum atomic E-state index is 5.17. The standard InChI is InChI=1S/C13H25N3OS/c1-6-14-9-12-11(4)15-13(18-12)16(10(2)3)7-8-17-5/h10,14H,6-9H2,1-5H3. The first-order chi connectivity index (χ1) is 8.60. The van der Waals surface area contributed by atoms with Gasteiger partial charge in [0.2, 0.25) is 0 Å². The van der Waals surface area contributed by atoms with Crippen molar-refractivity contribution in [3.05, 3.63) is 10.6 Å². The molecule has 0 radical (unpaired) electrons. The van der Waals surface area contributed by atoms with Crippen LogP contribution in [0.15, 0.2) is 0 Å². The number of anilines is 1. The molecule has 1 heterocycles. The van der Waals surface area contributed by atoms with Crippen LogP contribution in [0.1, 0.15) is 31.3 Å². The molecule has 0 saturated heterocycles. The fourth-order valence-corrected chi connectivity index (χ4v) is 2.89. The molecule has 0 spiro atoms. The summed E-state index contributed by atoms with van der Waals surface area (Å²) in [5, 5.41) is 4.46. The van der Waals surface area contributed by atoms with Crippen molar-refractivity contribution in [1.29, 1.82) is 0 Å². The van der Waals surface area contributed by atoms with E-state index in [9.17, 15) is 0 Å². The van der Waals surface area contributed by atoms with Gasteiger partial charge in [0.15, 0.2) is 5.13 Å². The van der Waals surface area contributed by atoms with Gasteiger partial charge in [-0.25, -0.2) is 4.98 Å². The molecule has 1 aromatic rings. The minimum atomic E-state index is 0.442. The Balaban J connectivity index is 2.78. The molecule has 5 heteroatoms. The smallest absolute Gasteiger partial charge is 0.186 e. The predicted molar refractivity (Wildman–Crippen MR) is 78.6 cm³/mol. The number of methoxy groups -OCH3 is 1. The molecule has 0 bridgehead atoms. The van der Waals surface area contributed by atoms with Crippen LogP contribution in [0.2, 0.25) is 0 Å². The summed E-state index contributed by atoms with van der Waals surface area (Å²) in [7, 11) is 1.74. The van der Waals surface area contributed by atoms with Crippen molar-refractivity contribution in [2.24, 2.45) is 0 Å². The Bertz CT molecular complexity index is 352. The highest BCUT2D eigenvalue weighted by atomic mass is 32.1. The van der Waals surface area contributed by atoms with E-state index in [0.29, 0.717) is 6.04 Å². The van der Waals surface area contributed by atoms with Crippen LogP contribution in [-0.4, -0.2) is 37.8 Å². The number of nitrogens with one attached hydrogen (secondary N) is 1. The van der Waals surface area contributed by atoms with Crippen LogP contribution in [0.25, 0.3) is 0 Å². The molecule has 0 aromatic carbocycles. The third kappa shape index (κ3) is 4.23. The van der Waals surface area contributed by atoms with E-state index in [-0.39, 0.29) is 0 Å². The number of aryl methyl sites for hydroxylation is 1. The van der Waals surface area contributed by atoms with E-state index < -0.39 is 0 Å². The molecule has 104 valence electrons. The molecule has 0 fully saturated rings. The van der Waals surface area contributed by atoms with Crippen molar-refractivity contribution in [2.75, 3.05) is 31.7 Å². The lowest BCUT2D eigenvalue weighted by Crippen LogP contribution is -2.33. The summed E-state index contributed by atoms with van der Waals surface area (Å²) < 4.78 is 5.17. The molecule has 1 N–H and O–H groups in total. The lowest BCUT2D eigenvalue weighted by atomic mass is 10.3. The molecule has 0 amide bonds. The van der Waals surface area contributed by atoms with Gasteiger partial charge in [-0.05, 0) is 27.3 Å². The predicted octanol–water partition coefficient (Wildman–Crippen LogP) is 2.42. The number of rotatable bonds is 8. The van der Waals surface area contributed by atoms with Crippen LogP contribution >= 0.6 is 11.3 Å². The SMILES string of the molecule is CCNCc1sc(N(CCOC)C(C)C)nc1C. The Labute approximate surface area is 114 Å². The molecule has 1 aromatic heterocycles. The quantitative estimate of drug-likeness (QED) is 0.788. The molecule has 1 rings (SSSR count). The fraction of sp³-hybridized carbons (Fsp3) is 0.769. The fourth-order valence-electron chi connectivity index (χ4n) is 1.70. The third-order valence-electron chi connectivity index (χ3n) is 2.82. The first-order valence-corrected chi connectivity index (χ1v) is 7.34. The Hall–Kier alpha value is -0.650. The minimum Gasteiger partial charge on any atom is -0.383 e. The number of ether oxygens (including phenoxy) is 1. The second-order valence-electron chi connectivity index (χ2n) is 4.57. The molecule has 4 nitrogen and oxygen atoms in total. The summed E-state index contributed by atoms with van der Waals surface area (Å²) in [4.78, 5) is 8.32. The van der Waals surface area contributed by atoms with Crippen LogP contribution < -0.4 is 10.2 Å². The van der Waals surface area contributed by atoms with E-state index in [1.807, 2.05) is 0 Å². The second-order valence-corrected chi connectivity index (χ2v) is 5.63. The average Bonchev–Trinajstić information content (AvgIpc) is 2.68. The molecule has 0 atom stereocenters. The Morgan fingerprint density at radius 1 is 1.44 bits per heavy atom. The Morgan fingerprint density at radius 2 is 2.17 bits per heavy atom. The van der Waals surface area contributed by atoms with Gasteiger partial charge in [0.05, 0.1) is 12.3 Å². The Morgan fingerprint density at radius 3 is 2.72 bits per heavy atom. The zero-order valence-electron chi connectivity index (χ0n) is 12.1. The normalized spacial score (nSPS) is 11.2. The summed E-state index contributed by atoms with van der Waals surface area (Å²) in [6.07, 6.45) is 0. The largest absolute Gasteiger partial charge is 0.383 e. The maximum Gasteiger partial charge on any atom is 0.186 e. The number of hydrogen-bond donors (Lipinski definition) is 1. The molecule has 0 aliphatic carbocycles. The van der Waals surface area contributed by atoms with Gasteiger partial charge in [0.1, 0.15) is 0 Å². The second kappa shape index (κ2) is 7.71. The molecule has 0 aliphatic rings. The number of aromatic nitrogens is 1. The average molecular weight is 271 g/mol. The summed E-state index contributed by atoms with van der Waals surface area (Å²) in [6.45, 7) is 12.1. The third-order valence-corrected chi connectivity index (χ3v) is 4.02. The summed E-state index contributed by atoms with van der Waals surface area (Å²) in [5.74, 6) is 0. The minimum absolute atomic E-state index is 0.442. The van der Waals surface area contributed by atoms with E-state index in [4.69, 9.17) is 4.74 Å². The van der Waals surface area contributed by atoms with Crippen molar-refractivity contribution >= 4 is 16.5 Å². The zero-order valence-corrected chi connectivity index (χ0v) is 12.9. The van der Waals surface area contributed by atoms with E-state index in [2.05, 4.69) is 42.9 Å². The highest BCUT2D eigenvalue weighted by Gasteiger charge is 2.16. The van der Waals surface area contributed by atoms with Gasteiger partial charge in [-0.15, -0.1) is 11.3 Å². The highest BCUT2D eigenvalue weighted by Crippen LogP contribution is 2.27. The summed E-state index contributed by atoms with van der Waals surface area (Å²) in [5.41, 5.74) is 1.14. The number of hydrogen-bond acceptors (Lipinski definition) is 5. The lowest BCUT2D eigenvalue weighted by Gasteiger charge is -2.25. The van der Waals surface area contributed by atoms with Crippen molar-refractivity contribution in [1.82, 2.24) is 10.3 Å². The topological polar surface area (TPSA) is 37.4 Å². The molecule has 0 aliphatic heterocycles. The van der Waals surface area contributed by atoms with E-state index in [0.717, 1.165) is 37.1 Å². The molecular formula is C13H25N3OS. The van der Waals surface area contributed by atoms with Crippen LogP contribution in [0, 0.1) is 6.92 Å². The van der Waals surface area contributed by atoms with Gasteiger partial charge >= 0.3 is 0 Å². The zero-order chi connectivity index (χ0) is 13.5. The molecule has 18 heavy (non-hydrogen) atoms. The first-order valence-electron chi connectivity index (χ1n) is 6.52. The van der Waals surface area contributed by atoms with Crippen molar-refractivity contribution in [2.45, 2.75) is 40.3 Å². The van der Waals surface area contributed by atoms with Gasteiger partial charge in [0, 0.05) is 31.1 Å². The van der Waals surface area contributed by atoms with Gasteiger partial charge in [-0.2, -0.15) is 0 Å². The van der Waals surface area contributed by atoms with Crippen LogP contribution in [-0.2, 0) is 11.3 Å². The first kappa shape index (κ1) is 15.4.